The van der Waals surface area contributed by atoms with Crippen molar-refractivity contribution >= 4 is 27.7 Å². The van der Waals surface area contributed by atoms with Gasteiger partial charge in [0.05, 0.1) is 6.54 Å². The summed E-state index contributed by atoms with van der Waals surface area (Å²) in [7, 11) is -2.10. The summed E-state index contributed by atoms with van der Waals surface area (Å²) in [5.74, 6) is -0.146. The molecule has 1 aliphatic heterocycles. The van der Waals surface area contributed by atoms with E-state index in [0.717, 1.165) is 12.0 Å². The van der Waals surface area contributed by atoms with E-state index in [1.54, 1.807) is 49.5 Å². The number of fused-ring (bicyclic) bond motifs is 1. The van der Waals surface area contributed by atoms with Gasteiger partial charge < -0.3 is 15.5 Å². The van der Waals surface area contributed by atoms with Crippen LogP contribution in [0.5, 0.6) is 0 Å². The maximum atomic E-state index is 12.4. The third-order valence-corrected chi connectivity index (χ3v) is 6.38. The zero-order valence-electron chi connectivity index (χ0n) is 17.8. The zero-order valence-corrected chi connectivity index (χ0v) is 18.6. The molecule has 1 atom stereocenters. The fourth-order valence-corrected chi connectivity index (χ4v) is 4.35. The van der Waals surface area contributed by atoms with Crippen LogP contribution in [-0.4, -0.2) is 50.6 Å². The second-order valence-electron chi connectivity index (χ2n) is 7.50. The normalized spacial score (nSPS) is 14.9. The van der Waals surface area contributed by atoms with Gasteiger partial charge in [0.15, 0.2) is 5.84 Å². The molecule has 9 heteroatoms. The summed E-state index contributed by atoms with van der Waals surface area (Å²) in [5.41, 5.74) is 1.90. The Bertz CT molecular complexity index is 1110. The SMILES string of the molecule is CCC(C)NC(=O)c1ccc(CNC(=O)CN(C)C2=NS(=O)(=O)c3ccccc32)cc1. The third kappa shape index (κ3) is 5.29. The van der Waals surface area contributed by atoms with Crippen LogP contribution < -0.4 is 10.6 Å². The minimum absolute atomic E-state index is 0.0436. The predicted molar refractivity (Wildman–Crippen MR) is 118 cm³/mol. The van der Waals surface area contributed by atoms with Gasteiger partial charge >= 0.3 is 0 Å². The van der Waals surface area contributed by atoms with Crippen molar-refractivity contribution in [3.8, 4) is 0 Å². The number of nitrogens with one attached hydrogen (secondary N) is 2. The van der Waals surface area contributed by atoms with E-state index in [4.69, 9.17) is 0 Å². The highest BCUT2D eigenvalue weighted by Gasteiger charge is 2.30. The van der Waals surface area contributed by atoms with E-state index >= 15 is 0 Å². The van der Waals surface area contributed by atoms with Gasteiger partial charge in [0, 0.05) is 30.8 Å². The number of hydrogen-bond acceptors (Lipinski definition) is 5. The summed E-state index contributed by atoms with van der Waals surface area (Å²) in [4.78, 5) is 26.2. The number of carbonyl (C=O) groups is 2. The molecule has 2 aromatic carbocycles. The first kappa shape index (κ1) is 22.5. The maximum absolute atomic E-state index is 12.4. The number of benzene rings is 2. The zero-order chi connectivity index (χ0) is 22.6. The summed E-state index contributed by atoms with van der Waals surface area (Å²) in [5, 5.41) is 5.71. The lowest BCUT2D eigenvalue weighted by Crippen LogP contribution is -2.38. The van der Waals surface area contributed by atoms with E-state index in [-0.39, 0.29) is 35.1 Å². The molecule has 1 unspecified atom stereocenters. The molecular formula is C22H26N4O4S. The number of amidine groups is 1. The Kier molecular flexibility index (Phi) is 6.74. The van der Waals surface area contributed by atoms with E-state index in [9.17, 15) is 18.0 Å². The number of carbonyl (C=O) groups excluding carboxylic acids is 2. The number of rotatable bonds is 7. The summed E-state index contributed by atoms with van der Waals surface area (Å²) >= 11 is 0. The molecule has 3 rings (SSSR count). The molecule has 0 aromatic heterocycles. The average molecular weight is 443 g/mol. The van der Waals surface area contributed by atoms with Crippen LogP contribution in [0.3, 0.4) is 0 Å². The quantitative estimate of drug-likeness (QED) is 0.681. The van der Waals surface area contributed by atoms with E-state index in [0.29, 0.717) is 17.7 Å². The van der Waals surface area contributed by atoms with E-state index in [1.165, 1.54) is 11.0 Å². The van der Waals surface area contributed by atoms with Gasteiger partial charge in [-0.25, -0.2) is 0 Å². The molecule has 2 amide bonds. The first-order valence-corrected chi connectivity index (χ1v) is 11.5. The van der Waals surface area contributed by atoms with Gasteiger partial charge in [-0.05, 0) is 43.2 Å². The Morgan fingerprint density at radius 2 is 1.77 bits per heavy atom. The standard InChI is InChI=1S/C22H26N4O4S/c1-4-15(2)24-22(28)17-11-9-16(10-12-17)13-23-20(27)14-26(3)21-18-7-5-6-8-19(18)31(29,30)25-21/h5-12,15H,4,13-14H2,1-3H3,(H,23,27)(H,24,28). The van der Waals surface area contributed by atoms with Gasteiger partial charge in [0.2, 0.25) is 5.91 Å². The highest BCUT2D eigenvalue weighted by atomic mass is 32.2. The van der Waals surface area contributed by atoms with Crippen molar-refractivity contribution in [1.82, 2.24) is 15.5 Å². The number of amides is 2. The Hall–Kier alpha value is -3.20. The van der Waals surface area contributed by atoms with Crippen molar-refractivity contribution in [3.63, 3.8) is 0 Å². The molecule has 2 aromatic rings. The summed E-state index contributed by atoms with van der Waals surface area (Å²) < 4.78 is 28.2. The molecule has 0 aliphatic carbocycles. The van der Waals surface area contributed by atoms with Crippen LogP contribution in [0.25, 0.3) is 0 Å². The van der Waals surface area contributed by atoms with Gasteiger partial charge in [-0.3, -0.25) is 9.59 Å². The molecule has 2 N–H and O–H groups in total. The molecule has 1 heterocycles. The fourth-order valence-electron chi connectivity index (χ4n) is 3.09. The second-order valence-corrected chi connectivity index (χ2v) is 9.07. The summed E-state index contributed by atoms with van der Waals surface area (Å²) in [6.45, 7) is 4.20. The molecule has 0 saturated carbocycles. The van der Waals surface area contributed by atoms with Crippen molar-refractivity contribution < 1.29 is 18.0 Å². The van der Waals surface area contributed by atoms with Crippen LogP contribution >= 0.6 is 0 Å². The smallest absolute Gasteiger partial charge is 0.285 e. The van der Waals surface area contributed by atoms with Crippen molar-refractivity contribution in [3.05, 3.63) is 65.2 Å². The van der Waals surface area contributed by atoms with Gasteiger partial charge in [-0.2, -0.15) is 8.42 Å². The molecular weight excluding hydrogens is 416 g/mol. The summed E-state index contributed by atoms with van der Waals surface area (Å²) in [6, 6.07) is 13.7. The lowest BCUT2D eigenvalue weighted by atomic mass is 10.1. The topological polar surface area (TPSA) is 108 Å². The Balaban J connectivity index is 1.56. The second kappa shape index (κ2) is 9.30. The van der Waals surface area contributed by atoms with Gasteiger partial charge in [0.25, 0.3) is 15.9 Å². The largest absolute Gasteiger partial charge is 0.350 e. The number of hydrogen-bond donors (Lipinski definition) is 2. The lowest BCUT2D eigenvalue weighted by molar-refractivity contribution is -0.121. The number of likely N-dealkylation sites (N-methyl/N-ethyl adjacent to an activating group) is 1. The first-order valence-electron chi connectivity index (χ1n) is 10.0. The van der Waals surface area contributed by atoms with Crippen LogP contribution in [0, 0.1) is 0 Å². The van der Waals surface area contributed by atoms with Crippen LogP contribution in [0.1, 0.15) is 41.8 Å². The molecule has 0 saturated heterocycles. The van der Waals surface area contributed by atoms with Crippen molar-refractivity contribution in [2.24, 2.45) is 4.40 Å². The highest BCUT2D eigenvalue weighted by molar-refractivity contribution is 7.90. The number of sulfonamides is 1. The monoisotopic (exact) mass is 442 g/mol. The Labute approximate surface area is 182 Å². The molecule has 31 heavy (non-hydrogen) atoms. The van der Waals surface area contributed by atoms with Crippen LogP contribution in [-0.2, 0) is 21.4 Å². The van der Waals surface area contributed by atoms with Gasteiger partial charge in [-0.15, -0.1) is 4.40 Å². The van der Waals surface area contributed by atoms with Gasteiger partial charge in [-0.1, -0.05) is 31.2 Å². The molecule has 0 radical (unpaired) electrons. The van der Waals surface area contributed by atoms with Crippen molar-refractivity contribution in [2.45, 2.75) is 37.8 Å². The fraction of sp³-hybridized carbons (Fsp3) is 0.318. The molecule has 164 valence electrons. The molecule has 0 bridgehead atoms. The Morgan fingerprint density at radius 1 is 1.10 bits per heavy atom. The molecule has 0 fully saturated rings. The highest BCUT2D eigenvalue weighted by Crippen LogP contribution is 2.26. The molecule has 8 nitrogen and oxygen atoms in total. The van der Waals surface area contributed by atoms with Crippen LogP contribution in [0.4, 0.5) is 0 Å². The maximum Gasteiger partial charge on any atom is 0.285 e. The van der Waals surface area contributed by atoms with E-state index in [1.807, 2.05) is 13.8 Å². The third-order valence-electron chi connectivity index (χ3n) is 5.05. The predicted octanol–water partition coefficient (Wildman–Crippen LogP) is 1.91. The van der Waals surface area contributed by atoms with Crippen LogP contribution in [0.2, 0.25) is 0 Å². The van der Waals surface area contributed by atoms with Crippen LogP contribution in [0.15, 0.2) is 57.8 Å². The van der Waals surface area contributed by atoms with E-state index in [2.05, 4.69) is 15.0 Å². The average Bonchev–Trinajstić information content (AvgIpc) is 3.04. The molecule has 0 spiro atoms. The summed E-state index contributed by atoms with van der Waals surface area (Å²) in [6.07, 6.45) is 0.855. The van der Waals surface area contributed by atoms with Gasteiger partial charge in [0.1, 0.15) is 4.90 Å². The molecule has 1 aliphatic rings. The lowest BCUT2D eigenvalue weighted by Gasteiger charge is -2.18. The van der Waals surface area contributed by atoms with Crippen molar-refractivity contribution in [1.29, 1.82) is 0 Å². The minimum Gasteiger partial charge on any atom is -0.350 e. The number of nitrogens with zero attached hydrogens (tertiary/aromatic N) is 2. The first-order chi connectivity index (χ1) is 14.7. The van der Waals surface area contributed by atoms with E-state index < -0.39 is 10.0 Å². The van der Waals surface area contributed by atoms with Crippen molar-refractivity contribution in [2.75, 3.05) is 13.6 Å². The Morgan fingerprint density at radius 3 is 2.45 bits per heavy atom. The minimum atomic E-state index is -3.73.